The van der Waals surface area contributed by atoms with Crippen LogP contribution in [-0.2, 0) is 6.54 Å². The Morgan fingerprint density at radius 2 is 1.94 bits per heavy atom. The number of benzene rings is 1. The van der Waals surface area contributed by atoms with Crippen molar-refractivity contribution in [3.05, 3.63) is 34.3 Å². The Balaban J connectivity index is 0.00000144. The molecule has 0 aliphatic carbocycles. The third-order valence-corrected chi connectivity index (χ3v) is 4.08. The Bertz CT molecular complexity index is 340. The molecule has 17 heavy (non-hydrogen) atoms. The van der Waals surface area contributed by atoms with Crippen molar-refractivity contribution in [2.45, 2.75) is 25.4 Å². The van der Waals surface area contributed by atoms with Gasteiger partial charge in [-0.25, -0.2) is 0 Å². The number of hydrogen-bond donors (Lipinski definition) is 1. The van der Waals surface area contributed by atoms with Crippen molar-refractivity contribution >= 4 is 28.3 Å². The molecule has 0 radical (unpaired) electrons. The molecule has 0 spiro atoms. The molecule has 0 saturated carbocycles. The molecule has 1 aromatic rings. The summed E-state index contributed by atoms with van der Waals surface area (Å²) in [5.74, 6) is 0. The molecule has 1 heterocycles. The van der Waals surface area contributed by atoms with Crippen molar-refractivity contribution in [3.8, 4) is 0 Å². The number of halogens is 2. The largest absolute Gasteiger partial charge is 0.317 e. The van der Waals surface area contributed by atoms with E-state index in [2.05, 4.69) is 57.5 Å². The molecule has 2 nitrogen and oxygen atoms in total. The van der Waals surface area contributed by atoms with Crippen LogP contribution in [0, 0.1) is 0 Å². The first-order chi connectivity index (χ1) is 7.77. The number of piperidine rings is 1. The summed E-state index contributed by atoms with van der Waals surface area (Å²) in [6, 6.07) is 9.22. The Labute approximate surface area is 118 Å². The van der Waals surface area contributed by atoms with Gasteiger partial charge in [0, 0.05) is 17.1 Å². The average molecular weight is 320 g/mol. The van der Waals surface area contributed by atoms with Crippen LogP contribution >= 0.6 is 28.3 Å². The van der Waals surface area contributed by atoms with Crippen molar-refractivity contribution in [1.82, 2.24) is 10.2 Å². The Kier molecular flexibility index (Phi) is 6.49. The van der Waals surface area contributed by atoms with Crippen molar-refractivity contribution in [2.24, 2.45) is 0 Å². The summed E-state index contributed by atoms with van der Waals surface area (Å²) in [4.78, 5) is 2.47. The molecule has 0 atom stereocenters. The lowest BCUT2D eigenvalue weighted by Crippen LogP contribution is -2.40. The minimum atomic E-state index is 0. The van der Waals surface area contributed by atoms with Gasteiger partial charge in [0.2, 0.25) is 0 Å². The molecule has 1 aliphatic heterocycles. The van der Waals surface area contributed by atoms with Gasteiger partial charge in [0.1, 0.15) is 0 Å². The predicted octanol–water partition coefficient (Wildman–Crippen LogP) is 3.05. The molecule has 1 N–H and O–H groups in total. The molecular weight excluding hydrogens is 300 g/mol. The third kappa shape index (κ3) is 4.25. The van der Waals surface area contributed by atoms with Crippen LogP contribution in [0.3, 0.4) is 0 Å². The smallest absolute Gasteiger partial charge is 0.0244 e. The molecule has 96 valence electrons. The van der Waals surface area contributed by atoms with E-state index in [0.717, 1.165) is 25.7 Å². The molecule has 1 fully saturated rings. The Hall–Kier alpha value is -0.0900. The number of nitrogens with one attached hydrogen (secondary N) is 1. The minimum Gasteiger partial charge on any atom is -0.317 e. The SMILES string of the molecule is CN(Cc1ccccc1Br)C1CCNCC1.Cl. The predicted molar refractivity (Wildman–Crippen MR) is 78.7 cm³/mol. The first kappa shape index (κ1) is 15.0. The highest BCUT2D eigenvalue weighted by atomic mass is 79.9. The molecule has 1 aliphatic rings. The van der Waals surface area contributed by atoms with Crippen molar-refractivity contribution in [1.29, 1.82) is 0 Å². The molecule has 1 aromatic carbocycles. The second-order valence-corrected chi connectivity index (χ2v) is 5.34. The summed E-state index contributed by atoms with van der Waals surface area (Å²) in [5.41, 5.74) is 1.38. The van der Waals surface area contributed by atoms with E-state index in [1.165, 1.54) is 22.9 Å². The Morgan fingerprint density at radius 1 is 1.29 bits per heavy atom. The summed E-state index contributed by atoms with van der Waals surface area (Å²) in [6.45, 7) is 3.35. The normalized spacial score (nSPS) is 16.9. The van der Waals surface area contributed by atoms with Gasteiger partial charge in [-0.1, -0.05) is 34.1 Å². The van der Waals surface area contributed by atoms with Crippen molar-refractivity contribution in [2.75, 3.05) is 20.1 Å². The highest BCUT2D eigenvalue weighted by Gasteiger charge is 2.17. The van der Waals surface area contributed by atoms with Gasteiger partial charge in [0.15, 0.2) is 0 Å². The van der Waals surface area contributed by atoms with E-state index in [1.807, 2.05) is 0 Å². The summed E-state index contributed by atoms with van der Waals surface area (Å²) in [5, 5.41) is 3.41. The van der Waals surface area contributed by atoms with Crippen molar-refractivity contribution < 1.29 is 0 Å². The van der Waals surface area contributed by atoms with Gasteiger partial charge in [-0.15, -0.1) is 12.4 Å². The van der Waals surface area contributed by atoms with E-state index in [0.29, 0.717) is 0 Å². The van der Waals surface area contributed by atoms with Crippen LogP contribution in [0.4, 0.5) is 0 Å². The molecule has 0 aromatic heterocycles. The second-order valence-electron chi connectivity index (χ2n) is 4.49. The summed E-state index contributed by atoms with van der Waals surface area (Å²) in [7, 11) is 2.23. The molecule has 0 unspecified atom stereocenters. The third-order valence-electron chi connectivity index (χ3n) is 3.31. The highest BCUT2D eigenvalue weighted by molar-refractivity contribution is 9.10. The zero-order valence-corrected chi connectivity index (χ0v) is 12.6. The summed E-state index contributed by atoms with van der Waals surface area (Å²) in [6.07, 6.45) is 2.53. The lowest BCUT2D eigenvalue weighted by atomic mass is 10.0. The van der Waals surface area contributed by atoms with Gasteiger partial charge in [0.25, 0.3) is 0 Å². The van der Waals surface area contributed by atoms with Gasteiger partial charge >= 0.3 is 0 Å². The number of rotatable bonds is 3. The quantitative estimate of drug-likeness (QED) is 0.921. The highest BCUT2D eigenvalue weighted by Crippen LogP contribution is 2.20. The summed E-state index contributed by atoms with van der Waals surface area (Å²) < 4.78 is 1.22. The lowest BCUT2D eigenvalue weighted by molar-refractivity contribution is 0.191. The zero-order chi connectivity index (χ0) is 11.4. The maximum Gasteiger partial charge on any atom is 0.0244 e. The second kappa shape index (κ2) is 7.37. The molecule has 2 rings (SSSR count). The molecule has 1 saturated heterocycles. The molecule has 0 amide bonds. The van der Waals surface area contributed by atoms with E-state index in [4.69, 9.17) is 0 Å². The monoisotopic (exact) mass is 318 g/mol. The van der Waals surface area contributed by atoms with E-state index in [-0.39, 0.29) is 12.4 Å². The maximum atomic E-state index is 3.61. The summed E-state index contributed by atoms with van der Waals surface area (Å²) >= 11 is 3.61. The van der Waals surface area contributed by atoms with Crippen LogP contribution in [0.2, 0.25) is 0 Å². The van der Waals surface area contributed by atoms with Gasteiger partial charge < -0.3 is 5.32 Å². The number of hydrogen-bond acceptors (Lipinski definition) is 2. The van der Waals surface area contributed by atoms with Gasteiger partial charge in [0.05, 0.1) is 0 Å². The van der Waals surface area contributed by atoms with Gasteiger partial charge in [-0.05, 0) is 44.6 Å². The fraction of sp³-hybridized carbons (Fsp3) is 0.538. The van der Waals surface area contributed by atoms with E-state index < -0.39 is 0 Å². The average Bonchev–Trinajstić information content (AvgIpc) is 2.33. The number of nitrogens with zero attached hydrogens (tertiary/aromatic N) is 1. The fourth-order valence-corrected chi connectivity index (χ4v) is 2.68. The standard InChI is InChI=1S/C13H19BrN2.ClH/c1-16(12-6-8-15-9-7-12)10-11-4-2-3-5-13(11)14;/h2-5,12,15H,6-10H2,1H3;1H. The molecule has 4 heteroatoms. The molecule has 0 bridgehead atoms. The minimum absolute atomic E-state index is 0. The first-order valence-electron chi connectivity index (χ1n) is 5.92. The van der Waals surface area contributed by atoms with E-state index in [1.54, 1.807) is 0 Å². The van der Waals surface area contributed by atoms with E-state index in [9.17, 15) is 0 Å². The van der Waals surface area contributed by atoms with Gasteiger partial charge in [-0.3, -0.25) is 4.90 Å². The van der Waals surface area contributed by atoms with Crippen LogP contribution in [-0.4, -0.2) is 31.1 Å². The molecular formula is C13H20BrClN2. The van der Waals surface area contributed by atoms with Gasteiger partial charge in [-0.2, -0.15) is 0 Å². The van der Waals surface area contributed by atoms with Crippen LogP contribution in [0.15, 0.2) is 28.7 Å². The maximum absolute atomic E-state index is 3.61. The zero-order valence-electron chi connectivity index (χ0n) is 10.2. The van der Waals surface area contributed by atoms with E-state index >= 15 is 0 Å². The topological polar surface area (TPSA) is 15.3 Å². The van der Waals surface area contributed by atoms with Crippen molar-refractivity contribution in [3.63, 3.8) is 0 Å². The first-order valence-corrected chi connectivity index (χ1v) is 6.71. The Morgan fingerprint density at radius 3 is 2.59 bits per heavy atom. The fourth-order valence-electron chi connectivity index (χ4n) is 2.27. The van der Waals surface area contributed by atoms with Crippen LogP contribution in [0.25, 0.3) is 0 Å². The van der Waals surface area contributed by atoms with Crippen LogP contribution in [0.1, 0.15) is 18.4 Å². The lowest BCUT2D eigenvalue weighted by Gasteiger charge is -2.31. The van der Waals surface area contributed by atoms with Crippen LogP contribution < -0.4 is 5.32 Å². The van der Waals surface area contributed by atoms with Crippen LogP contribution in [0.5, 0.6) is 0 Å².